The van der Waals surface area contributed by atoms with Gasteiger partial charge in [-0.25, -0.2) is 0 Å². The Morgan fingerprint density at radius 3 is 1.67 bits per heavy atom. The van der Waals surface area contributed by atoms with Crippen LogP contribution in [0.15, 0.2) is 164 Å². The van der Waals surface area contributed by atoms with E-state index in [0.29, 0.717) is 0 Å². The number of aromatic nitrogens is 3. The van der Waals surface area contributed by atoms with Gasteiger partial charge in [-0.1, -0.05) is 109 Å². The fraction of sp³-hybridized carbons (Fsp3) is 0. The van der Waals surface area contributed by atoms with Gasteiger partial charge in [0.05, 0.1) is 38.6 Å². The molecule has 3 heteroatoms. The highest BCUT2D eigenvalue weighted by atomic mass is 15.0. The van der Waals surface area contributed by atoms with E-state index in [1.807, 2.05) is 0 Å². The number of fused-ring (bicyclic) bond motifs is 15. The van der Waals surface area contributed by atoms with E-state index in [0.717, 1.165) is 0 Å². The van der Waals surface area contributed by atoms with E-state index in [4.69, 9.17) is 0 Å². The number of nitrogens with zero attached hydrogens (tertiary/aromatic N) is 3. The number of para-hydroxylation sites is 5. The second kappa shape index (κ2) is 9.06. The lowest BCUT2D eigenvalue weighted by Gasteiger charge is -2.12. The molecule has 12 rings (SSSR count). The highest BCUT2D eigenvalue weighted by molar-refractivity contribution is 6.34. The van der Waals surface area contributed by atoms with Crippen LogP contribution in [0.5, 0.6) is 0 Å². The molecule has 0 saturated carbocycles. The highest BCUT2D eigenvalue weighted by Gasteiger charge is 2.23. The topological polar surface area (TPSA) is 14.3 Å². The lowest BCUT2D eigenvalue weighted by Crippen LogP contribution is -1.96. The van der Waals surface area contributed by atoms with Crippen LogP contribution in [0.25, 0.3) is 104 Å². The first kappa shape index (κ1) is 25.5. The molecule has 49 heavy (non-hydrogen) atoms. The van der Waals surface area contributed by atoms with Crippen molar-refractivity contribution in [3.8, 4) is 11.4 Å². The molecule has 3 nitrogen and oxygen atoms in total. The van der Waals surface area contributed by atoms with Crippen molar-refractivity contribution in [3.63, 3.8) is 0 Å². The van der Waals surface area contributed by atoms with Gasteiger partial charge in [0.2, 0.25) is 0 Å². The third kappa shape index (κ3) is 3.13. The van der Waals surface area contributed by atoms with Gasteiger partial charge in [-0.2, -0.15) is 0 Å². The van der Waals surface area contributed by atoms with Gasteiger partial charge in [0, 0.05) is 59.9 Å². The molecule has 0 spiro atoms. The van der Waals surface area contributed by atoms with Crippen molar-refractivity contribution >= 4 is 92.5 Å². The van der Waals surface area contributed by atoms with Gasteiger partial charge in [0.15, 0.2) is 0 Å². The molecule has 4 aromatic heterocycles. The molecule has 226 valence electrons. The molecular weight excluding hydrogens is 595 g/mol. The van der Waals surface area contributed by atoms with Crippen molar-refractivity contribution < 1.29 is 0 Å². The molecule has 0 saturated heterocycles. The second-order valence-electron chi connectivity index (χ2n) is 13.3. The van der Waals surface area contributed by atoms with Crippen molar-refractivity contribution in [3.05, 3.63) is 164 Å². The molecule has 0 fully saturated rings. The van der Waals surface area contributed by atoms with Gasteiger partial charge >= 0.3 is 0 Å². The van der Waals surface area contributed by atoms with Gasteiger partial charge in [0.25, 0.3) is 0 Å². The van der Waals surface area contributed by atoms with Crippen molar-refractivity contribution in [1.29, 1.82) is 0 Å². The number of hydrogen-bond donors (Lipinski definition) is 0. The Bertz CT molecular complexity index is 3320. The number of rotatable bonds is 2. The summed E-state index contributed by atoms with van der Waals surface area (Å²) >= 11 is 0. The van der Waals surface area contributed by atoms with E-state index in [-0.39, 0.29) is 0 Å². The summed E-state index contributed by atoms with van der Waals surface area (Å²) in [7, 11) is 0. The number of benzene rings is 8. The summed E-state index contributed by atoms with van der Waals surface area (Å²) in [6.45, 7) is 0. The summed E-state index contributed by atoms with van der Waals surface area (Å²) in [5.74, 6) is 0. The van der Waals surface area contributed by atoms with Crippen LogP contribution < -0.4 is 0 Å². The molecule has 0 unspecified atom stereocenters. The maximum absolute atomic E-state index is 2.52. The minimum atomic E-state index is 1.17. The van der Waals surface area contributed by atoms with Crippen LogP contribution in [0.2, 0.25) is 0 Å². The average molecular weight is 622 g/mol. The SMILES string of the molecule is c1ccc(-n2c3ccccc3c3cc(-n4c5ccccc5c5ccc6ccc7c(c8cccc9c%10ccccc%10n7c98)c6c54)ccc32)cc1. The third-order valence-corrected chi connectivity index (χ3v) is 10.9. The molecule has 0 aliphatic heterocycles. The van der Waals surface area contributed by atoms with Crippen molar-refractivity contribution in [1.82, 2.24) is 13.5 Å². The molecule has 0 N–H and O–H groups in total. The predicted octanol–water partition coefficient (Wildman–Crippen LogP) is 12.2. The van der Waals surface area contributed by atoms with Crippen LogP contribution in [0.4, 0.5) is 0 Å². The molecule has 0 aliphatic carbocycles. The van der Waals surface area contributed by atoms with E-state index in [1.165, 1.54) is 104 Å². The fourth-order valence-corrected chi connectivity index (χ4v) is 9.01. The zero-order valence-corrected chi connectivity index (χ0v) is 26.4. The lowest BCUT2D eigenvalue weighted by molar-refractivity contribution is 1.17. The molecule has 12 aromatic rings. The Labute approximate surface area is 280 Å². The first-order chi connectivity index (χ1) is 24.3. The van der Waals surface area contributed by atoms with Gasteiger partial charge in [-0.05, 0) is 60.0 Å². The van der Waals surface area contributed by atoms with Gasteiger partial charge < -0.3 is 13.5 Å². The lowest BCUT2D eigenvalue weighted by atomic mass is 9.99. The van der Waals surface area contributed by atoms with E-state index < -0.39 is 0 Å². The summed E-state index contributed by atoms with van der Waals surface area (Å²) in [5.41, 5.74) is 11.1. The summed E-state index contributed by atoms with van der Waals surface area (Å²) in [4.78, 5) is 0. The molecule has 8 aromatic carbocycles. The zero-order valence-electron chi connectivity index (χ0n) is 26.4. The Hall–Kier alpha value is -6.58. The Morgan fingerprint density at radius 1 is 0.286 bits per heavy atom. The maximum atomic E-state index is 2.52. The van der Waals surface area contributed by atoms with Crippen LogP contribution in [0, 0.1) is 0 Å². The Balaban J connectivity index is 1.27. The van der Waals surface area contributed by atoms with Gasteiger partial charge in [-0.15, -0.1) is 0 Å². The van der Waals surface area contributed by atoms with Crippen molar-refractivity contribution in [2.45, 2.75) is 0 Å². The molecule has 4 heterocycles. The first-order valence-corrected chi connectivity index (χ1v) is 17.0. The second-order valence-corrected chi connectivity index (χ2v) is 13.3. The van der Waals surface area contributed by atoms with Crippen molar-refractivity contribution in [2.75, 3.05) is 0 Å². The van der Waals surface area contributed by atoms with E-state index in [1.54, 1.807) is 0 Å². The molecular formula is C46H27N3. The normalized spacial score (nSPS) is 12.5. The monoisotopic (exact) mass is 621 g/mol. The quantitative estimate of drug-likeness (QED) is 0.182. The molecule has 0 aliphatic rings. The zero-order chi connectivity index (χ0) is 31.8. The third-order valence-electron chi connectivity index (χ3n) is 10.9. The standard InChI is InChI=1S/C46H27N3/c1-2-11-29(12-3-1)47-38-18-7-6-15-33(38)37-27-30(23-26-41(37)47)48-39-19-8-4-14-32(39)35-24-21-28-22-25-42-44(43(28)46(35)48)36-17-10-16-34-31-13-5-9-20-40(31)49(42)45(34)36/h1-27H. The van der Waals surface area contributed by atoms with Gasteiger partial charge in [-0.3, -0.25) is 0 Å². The first-order valence-electron chi connectivity index (χ1n) is 17.0. The van der Waals surface area contributed by atoms with E-state index in [2.05, 4.69) is 177 Å². The minimum absolute atomic E-state index is 1.17. The highest BCUT2D eigenvalue weighted by Crippen LogP contribution is 2.46. The fourth-order valence-electron chi connectivity index (χ4n) is 9.01. The summed E-state index contributed by atoms with van der Waals surface area (Å²) in [5, 5.41) is 12.9. The largest absolute Gasteiger partial charge is 0.309 e. The van der Waals surface area contributed by atoms with Crippen LogP contribution in [-0.4, -0.2) is 13.5 Å². The van der Waals surface area contributed by atoms with Gasteiger partial charge in [0.1, 0.15) is 0 Å². The van der Waals surface area contributed by atoms with Crippen LogP contribution in [0.3, 0.4) is 0 Å². The smallest absolute Gasteiger partial charge is 0.0626 e. The summed E-state index contributed by atoms with van der Waals surface area (Å²) in [6.07, 6.45) is 0. The molecule has 0 bridgehead atoms. The Morgan fingerprint density at radius 2 is 0.857 bits per heavy atom. The Kier molecular flexibility index (Phi) is 4.72. The van der Waals surface area contributed by atoms with Crippen molar-refractivity contribution in [2.24, 2.45) is 0 Å². The predicted molar refractivity (Wildman–Crippen MR) is 207 cm³/mol. The minimum Gasteiger partial charge on any atom is -0.309 e. The van der Waals surface area contributed by atoms with Crippen LogP contribution in [-0.2, 0) is 0 Å². The van der Waals surface area contributed by atoms with Crippen LogP contribution in [0.1, 0.15) is 0 Å². The van der Waals surface area contributed by atoms with E-state index >= 15 is 0 Å². The maximum Gasteiger partial charge on any atom is 0.0626 e. The van der Waals surface area contributed by atoms with E-state index in [9.17, 15) is 0 Å². The molecule has 0 atom stereocenters. The summed E-state index contributed by atoms with van der Waals surface area (Å²) < 4.78 is 7.40. The average Bonchev–Trinajstić information content (AvgIpc) is 3.89. The molecule has 0 radical (unpaired) electrons. The summed E-state index contributed by atoms with van der Waals surface area (Å²) in [6, 6.07) is 60.4. The molecule has 0 amide bonds. The van der Waals surface area contributed by atoms with Crippen LogP contribution >= 0.6 is 0 Å². The number of hydrogen-bond acceptors (Lipinski definition) is 0.